The molecule has 4 rings (SSSR count). The highest BCUT2D eigenvalue weighted by molar-refractivity contribution is 5.89. The number of ether oxygens (including phenoxy) is 1. The van der Waals surface area contributed by atoms with E-state index in [1.807, 2.05) is 17.0 Å². The van der Waals surface area contributed by atoms with Crippen molar-refractivity contribution in [3.63, 3.8) is 0 Å². The minimum atomic E-state index is -0.0947. The summed E-state index contributed by atoms with van der Waals surface area (Å²) in [5.41, 5.74) is 2.08. The third kappa shape index (κ3) is 6.27. The molecule has 0 spiro atoms. The first-order valence-corrected chi connectivity index (χ1v) is 12.8. The van der Waals surface area contributed by atoms with Crippen molar-refractivity contribution in [1.29, 1.82) is 0 Å². The molecule has 3 aliphatic rings. The Bertz CT molecular complexity index is 777. The Kier molecular flexibility index (Phi) is 8.25. The summed E-state index contributed by atoms with van der Waals surface area (Å²) >= 11 is 0. The summed E-state index contributed by atoms with van der Waals surface area (Å²) in [5.74, 6) is 1.02. The maximum Gasteiger partial charge on any atom is 0.321 e. The highest BCUT2D eigenvalue weighted by atomic mass is 16.5. The third-order valence-electron chi connectivity index (χ3n) is 7.47. The smallest absolute Gasteiger partial charge is 0.321 e. The van der Waals surface area contributed by atoms with Gasteiger partial charge in [-0.25, -0.2) is 4.79 Å². The summed E-state index contributed by atoms with van der Waals surface area (Å²) in [4.78, 5) is 30.2. The second-order valence-corrected chi connectivity index (χ2v) is 10.1. The molecule has 1 aromatic rings. The zero-order valence-corrected chi connectivity index (χ0v) is 20.2. The molecule has 7 heteroatoms. The number of nitrogens with zero attached hydrogens (tertiary/aromatic N) is 2. The number of hydrogen-bond acceptors (Lipinski definition) is 4. The molecule has 7 nitrogen and oxygen atoms in total. The van der Waals surface area contributed by atoms with E-state index in [-0.39, 0.29) is 24.1 Å². The standard InChI is InChI=1S/C26H40N4O3/c1-19(2)20-9-11-22(12-10-20)28-26(32)30-15-13-29(14-16-30)24(21-6-3-4-7-21)25(31)27-18-23-8-5-17-33-23/h9-12,19,21,23-24H,3-8,13-18H2,1-2H3,(H,27,31)(H,28,32). The molecule has 0 radical (unpaired) electrons. The van der Waals surface area contributed by atoms with Gasteiger partial charge in [-0.1, -0.05) is 38.8 Å². The van der Waals surface area contributed by atoms with Crippen molar-refractivity contribution in [2.75, 3.05) is 44.6 Å². The molecule has 1 aliphatic carbocycles. The summed E-state index contributed by atoms with van der Waals surface area (Å²) in [5, 5.41) is 6.21. The van der Waals surface area contributed by atoms with E-state index in [9.17, 15) is 9.59 Å². The predicted molar refractivity (Wildman–Crippen MR) is 130 cm³/mol. The molecular formula is C26H40N4O3. The summed E-state index contributed by atoms with van der Waals surface area (Å²) < 4.78 is 5.68. The zero-order chi connectivity index (χ0) is 23.2. The number of hydrogen-bond donors (Lipinski definition) is 2. The van der Waals surface area contributed by atoms with Gasteiger partial charge in [0.1, 0.15) is 0 Å². The van der Waals surface area contributed by atoms with Gasteiger partial charge in [-0.05, 0) is 55.2 Å². The van der Waals surface area contributed by atoms with Gasteiger partial charge in [0.2, 0.25) is 5.91 Å². The van der Waals surface area contributed by atoms with Crippen LogP contribution in [0.5, 0.6) is 0 Å². The Morgan fingerprint density at radius 1 is 1.00 bits per heavy atom. The van der Waals surface area contributed by atoms with Crippen LogP contribution >= 0.6 is 0 Å². The average Bonchev–Trinajstić information content (AvgIpc) is 3.53. The van der Waals surface area contributed by atoms with Gasteiger partial charge in [0.15, 0.2) is 0 Å². The molecule has 2 heterocycles. The van der Waals surface area contributed by atoms with E-state index < -0.39 is 0 Å². The lowest BCUT2D eigenvalue weighted by Crippen LogP contribution is -2.58. The Balaban J connectivity index is 1.30. The molecule has 33 heavy (non-hydrogen) atoms. The fourth-order valence-corrected chi connectivity index (χ4v) is 5.43. The number of urea groups is 1. The second kappa shape index (κ2) is 11.3. The molecule has 2 aliphatic heterocycles. The second-order valence-electron chi connectivity index (χ2n) is 10.1. The lowest BCUT2D eigenvalue weighted by Gasteiger charge is -2.40. The van der Waals surface area contributed by atoms with E-state index in [2.05, 4.69) is 41.5 Å². The molecule has 0 aromatic heterocycles. The van der Waals surface area contributed by atoms with Gasteiger partial charge in [0, 0.05) is 45.0 Å². The highest BCUT2D eigenvalue weighted by Crippen LogP contribution is 2.31. The van der Waals surface area contributed by atoms with Crippen LogP contribution in [-0.2, 0) is 9.53 Å². The molecule has 3 amide bonds. The van der Waals surface area contributed by atoms with Crippen molar-refractivity contribution in [3.8, 4) is 0 Å². The van der Waals surface area contributed by atoms with Crippen LogP contribution in [0.2, 0.25) is 0 Å². The molecular weight excluding hydrogens is 416 g/mol. The van der Waals surface area contributed by atoms with E-state index >= 15 is 0 Å². The van der Waals surface area contributed by atoms with Crippen molar-refractivity contribution in [2.24, 2.45) is 5.92 Å². The van der Waals surface area contributed by atoms with Crippen LogP contribution in [0.15, 0.2) is 24.3 Å². The van der Waals surface area contributed by atoms with Crippen LogP contribution in [0.1, 0.15) is 63.9 Å². The van der Waals surface area contributed by atoms with Crippen molar-refractivity contribution < 1.29 is 14.3 Å². The number of amides is 3. The first kappa shape index (κ1) is 24.0. The van der Waals surface area contributed by atoms with E-state index in [1.165, 1.54) is 18.4 Å². The van der Waals surface area contributed by atoms with Crippen LogP contribution in [0, 0.1) is 5.92 Å². The van der Waals surface area contributed by atoms with Gasteiger partial charge in [-0.15, -0.1) is 0 Å². The zero-order valence-electron chi connectivity index (χ0n) is 20.2. The summed E-state index contributed by atoms with van der Waals surface area (Å²) in [7, 11) is 0. The summed E-state index contributed by atoms with van der Waals surface area (Å²) in [6.45, 7) is 8.47. The number of benzene rings is 1. The average molecular weight is 457 g/mol. The Morgan fingerprint density at radius 2 is 1.70 bits per heavy atom. The fourth-order valence-electron chi connectivity index (χ4n) is 5.43. The maximum atomic E-state index is 13.2. The van der Waals surface area contributed by atoms with Crippen molar-refractivity contribution >= 4 is 17.6 Å². The lowest BCUT2D eigenvalue weighted by molar-refractivity contribution is -0.129. The third-order valence-corrected chi connectivity index (χ3v) is 7.47. The molecule has 2 saturated heterocycles. The van der Waals surface area contributed by atoms with Crippen molar-refractivity contribution in [1.82, 2.24) is 15.1 Å². The predicted octanol–water partition coefficient (Wildman–Crippen LogP) is 3.81. The number of piperazine rings is 1. The maximum absolute atomic E-state index is 13.2. The van der Waals surface area contributed by atoms with Crippen molar-refractivity contribution in [3.05, 3.63) is 29.8 Å². The highest BCUT2D eigenvalue weighted by Gasteiger charge is 2.37. The number of carbonyl (C=O) groups excluding carboxylic acids is 2. The van der Waals surface area contributed by atoms with Crippen molar-refractivity contribution in [2.45, 2.75) is 70.4 Å². The number of carbonyl (C=O) groups is 2. The van der Waals surface area contributed by atoms with Crippen LogP contribution in [0.3, 0.4) is 0 Å². The number of nitrogens with one attached hydrogen (secondary N) is 2. The molecule has 2 unspecified atom stereocenters. The monoisotopic (exact) mass is 456 g/mol. The van der Waals surface area contributed by atoms with Crippen LogP contribution in [0.4, 0.5) is 10.5 Å². The topological polar surface area (TPSA) is 73.9 Å². The van der Waals surface area contributed by atoms with E-state index in [4.69, 9.17) is 4.74 Å². The molecule has 0 bridgehead atoms. The molecule has 3 fully saturated rings. The van der Waals surface area contributed by atoms with Gasteiger partial charge in [0.25, 0.3) is 0 Å². The largest absolute Gasteiger partial charge is 0.376 e. The summed E-state index contributed by atoms with van der Waals surface area (Å²) in [6.07, 6.45) is 6.92. The van der Waals surface area contributed by atoms with Gasteiger partial charge in [-0.2, -0.15) is 0 Å². The van der Waals surface area contributed by atoms with Gasteiger partial charge in [0.05, 0.1) is 12.1 Å². The van der Waals surface area contributed by atoms with Gasteiger partial charge < -0.3 is 20.3 Å². The first-order chi connectivity index (χ1) is 16.0. The Labute approximate surface area is 198 Å². The first-order valence-electron chi connectivity index (χ1n) is 12.8. The minimum Gasteiger partial charge on any atom is -0.376 e. The van der Waals surface area contributed by atoms with Gasteiger partial charge >= 0.3 is 6.03 Å². The lowest BCUT2D eigenvalue weighted by atomic mass is 9.95. The SMILES string of the molecule is CC(C)c1ccc(NC(=O)N2CCN(C(C(=O)NCC3CCCO3)C3CCCC3)CC2)cc1. The van der Waals surface area contributed by atoms with E-state index in [1.54, 1.807) is 0 Å². The Hall–Kier alpha value is -2.12. The van der Waals surface area contributed by atoms with E-state index in [0.717, 1.165) is 51.1 Å². The van der Waals surface area contributed by atoms with Crippen LogP contribution < -0.4 is 10.6 Å². The molecule has 2 atom stereocenters. The quantitative estimate of drug-likeness (QED) is 0.654. The molecule has 182 valence electrons. The number of rotatable bonds is 7. The van der Waals surface area contributed by atoms with Gasteiger partial charge in [-0.3, -0.25) is 9.69 Å². The fraction of sp³-hybridized carbons (Fsp3) is 0.692. The summed E-state index contributed by atoms with van der Waals surface area (Å²) in [6, 6.07) is 7.92. The normalized spacial score (nSPS) is 23.1. The molecule has 1 saturated carbocycles. The van der Waals surface area contributed by atoms with Crippen LogP contribution in [-0.4, -0.2) is 73.2 Å². The van der Waals surface area contributed by atoms with E-state index in [0.29, 0.717) is 31.5 Å². The molecule has 1 aromatic carbocycles. The molecule has 2 N–H and O–H groups in total. The number of anilines is 1. The van der Waals surface area contributed by atoms with Crippen LogP contribution in [0.25, 0.3) is 0 Å². The minimum absolute atomic E-state index is 0.0628. The Morgan fingerprint density at radius 3 is 2.30 bits per heavy atom.